The molecular weight excluding hydrogens is 306 g/mol. The first-order valence-electron chi connectivity index (χ1n) is 7.55. The van der Waals surface area contributed by atoms with Crippen LogP contribution in [0, 0.1) is 10.1 Å². The van der Waals surface area contributed by atoms with Crippen molar-refractivity contribution in [3.63, 3.8) is 0 Å². The van der Waals surface area contributed by atoms with Gasteiger partial charge in [0.15, 0.2) is 0 Å². The van der Waals surface area contributed by atoms with E-state index in [2.05, 4.69) is 4.74 Å². The molecule has 2 rings (SSSR count). The predicted octanol–water partition coefficient (Wildman–Crippen LogP) is 3.22. The summed E-state index contributed by atoms with van der Waals surface area (Å²) in [4.78, 5) is 23.1. The van der Waals surface area contributed by atoms with Crippen LogP contribution in [0.3, 0.4) is 0 Å². The first kappa shape index (κ1) is 17.4. The summed E-state index contributed by atoms with van der Waals surface area (Å²) in [6.07, 6.45) is 2.85. The lowest BCUT2D eigenvalue weighted by molar-refractivity contribution is -0.554. The Morgan fingerprint density at radius 1 is 1.04 bits per heavy atom. The van der Waals surface area contributed by atoms with E-state index in [4.69, 9.17) is 0 Å². The van der Waals surface area contributed by atoms with Gasteiger partial charge in [0, 0.05) is 23.8 Å². The standard InChI is InChI=1S/C19H19NO4/c1-24-18(21)12-13-19(20(22)23,14-16-8-4-2-5-9-16)15-17-10-6-3-7-11-17/h2-13H,14-15H2,1H3/b13-12-. The molecule has 0 saturated carbocycles. The number of esters is 1. The highest BCUT2D eigenvalue weighted by atomic mass is 16.6. The maximum Gasteiger partial charge on any atom is 0.330 e. The molecule has 0 fully saturated rings. The molecule has 0 aliphatic carbocycles. The van der Waals surface area contributed by atoms with Crippen molar-refractivity contribution in [1.82, 2.24) is 0 Å². The Balaban J connectivity index is 2.41. The summed E-state index contributed by atoms with van der Waals surface area (Å²) in [6.45, 7) is 0. The van der Waals surface area contributed by atoms with Crippen LogP contribution in [0.5, 0.6) is 0 Å². The Kier molecular flexibility index (Phi) is 5.84. The smallest absolute Gasteiger partial charge is 0.330 e. The van der Waals surface area contributed by atoms with Gasteiger partial charge in [0.05, 0.1) is 7.11 Å². The van der Waals surface area contributed by atoms with E-state index < -0.39 is 11.5 Å². The maximum atomic E-state index is 11.9. The number of carbonyl (C=O) groups excluding carboxylic acids is 1. The van der Waals surface area contributed by atoms with Gasteiger partial charge in [-0.05, 0) is 17.2 Å². The lowest BCUT2D eigenvalue weighted by Crippen LogP contribution is -2.41. The highest BCUT2D eigenvalue weighted by molar-refractivity contribution is 5.82. The molecule has 124 valence electrons. The number of methoxy groups -OCH3 is 1. The van der Waals surface area contributed by atoms with Crippen molar-refractivity contribution in [2.75, 3.05) is 7.11 Å². The Labute approximate surface area is 140 Å². The third-order valence-corrected chi connectivity index (χ3v) is 3.80. The number of nitrogens with zero attached hydrogens (tertiary/aromatic N) is 1. The lowest BCUT2D eigenvalue weighted by atomic mass is 9.84. The SMILES string of the molecule is COC(=O)/C=C\C(Cc1ccccc1)(Cc1ccccc1)[N+](=O)[O-]. The third-order valence-electron chi connectivity index (χ3n) is 3.80. The molecule has 0 spiro atoms. The molecule has 0 bridgehead atoms. The monoisotopic (exact) mass is 325 g/mol. The molecule has 0 N–H and O–H groups in total. The minimum atomic E-state index is -1.42. The van der Waals surface area contributed by atoms with Crippen LogP contribution in [0.4, 0.5) is 0 Å². The van der Waals surface area contributed by atoms with Gasteiger partial charge in [0.25, 0.3) is 0 Å². The van der Waals surface area contributed by atoms with Crippen LogP contribution in [0.15, 0.2) is 72.8 Å². The molecule has 0 amide bonds. The van der Waals surface area contributed by atoms with Crippen molar-refractivity contribution in [1.29, 1.82) is 0 Å². The minimum absolute atomic E-state index is 0.184. The second-order valence-electron chi connectivity index (χ2n) is 5.54. The highest BCUT2D eigenvalue weighted by Crippen LogP contribution is 2.24. The Bertz CT molecular complexity index is 669. The molecular formula is C19H19NO4. The number of nitro groups is 1. The molecule has 5 heteroatoms. The molecule has 0 saturated heterocycles. The summed E-state index contributed by atoms with van der Waals surface area (Å²) in [7, 11) is 1.24. The van der Waals surface area contributed by atoms with E-state index in [0.29, 0.717) is 0 Å². The van der Waals surface area contributed by atoms with Crippen LogP contribution in [0.1, 0.15) is 11.1 Å². The normalized spacial score (nSPS) is 11.4. The molecule has 0 heterocycles. The van der Waals surface area contributed by atoms with Crippen LogP contribution >= 0.6 is 0 Å². The second-order valence-corrected chi connectivity index (χ2v) is 5.54. The summed E-state index contributed by atoms with van der Waals surface area (Å²) >= 11 is 0. The molecule has 0 unspecified atom stereocenters. The zero-order chi connectivity index (χ0) is 17.4. The molecule has 0 aromatic heterocycles. The summed E-state index contributed by atoms with van der Waals surface area (Å²) in [6, 6.07) is 18.4. The van der Waals surface area contributed by atoms with E-state index in [1.807, 2.05) is 60.7 Å². The molecule has 2 aromatic carbocycles. The Hall–Kier alpha value is -2.95. The topological polar surface area (TPSA) is 69.4 Å². The first-order chi connectivity index (χ1) is 11.6. The maximum absolute atomic E-state index is 11.9. The third kappa shape index (κ3) is 4.52. The van der Waals surface area contributed by atoms with E-state index in [-0.39, 0.29) is 17.8 Å². The largest absolute Gasteiger partial charge is 0.466 e. The predicted molar refractivity (Wildman–Crippen MR) is 91.2 cm³/mol. The quantitative estimate of drug-likeness (QED) is 0.339. The zero-order valence-electron chi connectivity index (χ0n) is 13.4. The molecule has 0 radical (unpaired) electrons. The fraction of sp³-hybridized carbons (Fsp3) is 0.211. The zero-order valence-corrected chi connectivity index (χ0v) is 13.4. The second kappa shape index (κ2) is 8.06. The van der Waals surface area contributed by atoms with Gasteiger partial charge in [-0.15, -0.1) is 0 Å². The van der Waals surface area contributed by atoms with Crippen LogP contribution in [-0.2, 0) is 22.4 Å². The minimum Gasteiger partial charge on any atom is -0.466 e. The molecule has 0 aliphatic rings. The van der Waals surface area contributed by atoms with Crippen molar-refractivity contribution in [3.05, 3.63) is 94.1 Å². The average molecular weight is 325 g/mol. The van der Waals surface area contributed by atoms with Gasteiger partial charge in [0.1, 0.15) is 0 Å². The first-order valence-corrected chi connectivity index (χ1v) is 7.55. The number of hydrogen-bond acceptors (Lipinski definition) is 4. The van der Waals surface area contributed by atoms with Gasteiger partial charge in [-0.3, -0.25) is 10.1 Å². The van der Waals surface area contributed by atoms with Gasteiger partial charge in [-0.2, -0.15) is 0 Å². The number of ether oxygens (including phenoxy) is 1. The molecule has 0 aliphatic heterocycles. The Morgan fingerprint density at radius 2 is 1.50 bits per heavy atom. The van der Waals surface area contributed by atoms with Gasteiger partial charge in [0.2, 0.25) is 5.54 Å². The van der Waals surface area contributed by atoms with Gasteiger partial charge < -0.3 is 4.74 Å². The summed E-state index contributed by atoms with van der Waals surface area (Å²) < 4.78 is 4.58. The van der Waals surface area contributed by atoms with E-state index in [1.165, 1.54) is 13.2 Å². The van der Waals surface area contributed by atoms with Crippen molar-refractivity contribution in [2.45, 2.75) is 18.4 Å². The highest BCUT2D eigenvalue weighted by Gasteiger charge is 2.40. The number of carbonyl (C=O) groups is 1. The van der Waals surface area contributed by atoms with E-state index >= 15 is 0 Å². The lowest BCUT2D eigenvalue weighted by Gasteiger charge is -2.22. The Morgan fingerprint density at radius 3 is 1.88 bits per heavy atom. The summed E-state index contributed by atoms with van der Waals surface area (Å²) in [5.41, 5.74) is 0.246. The van der Waals surface area contributed by atoms with Gasteiger partial charge >= 0.3 is 5.97 Å². The van der Waals surface area contributed by atoms with Crippen LogP contribution in [0.2, 0.25) is 0 Å². The van der Waals surface area contributed by atoms with Crippen LogP contribution < -0.4 is 0 Å². The van der Waals surface area contributed by atoms with Crippen molar-refractivity contribution < 1.29 is 14.5 Å². The van der Waals surface area contributed by atoms with Crippen molar-refractivity contribution in [2.24, 2.45) is 0 Å². The van der Waals surface area contributed by atoms with Crippen LogP contribution in [-0.4, -0.2) is 23.5 Å². The van der Waals surface area contributed by atoms with Crippen molar-refractivity contribution in [3.8, 4) is 0 Å². The van der Waals surface area contributed by atoms with Crippen molar-refractivity contribution >= 4 is 5.97 Å². The fourth-order valence-corrected chi connectivity index (χ4v) is 2.56. The fourth-order valence-electron chi connectivity index (χ4n) is 2.56. The molecule has 2 aromatic rings. The molecule has 5 nitrogen and oxygen atoms in total. The van der Waals surface area contributed by atoms with Gasteiger partial charge in [-0.25, -0.2) is 4.79 Å². The van der Waals surface area contributed by atoms with Crippen LogP contribution in [0.25, 0.3) is 0 Å². The van der Waals surface area contributed by atoms with Gasteiger partial charge in [-0.1, -0.05) is 60.7 Å². The molecule has 24 heavy (non-hydrogen) atoms. The molecule has 0 atom stereocenters. The number of benzene rings is 2. The number of rotatable bonds is 7. The van der Waals surface area contributed by atoms with E-state index in [1.54, 1.807) is 0 Å². The summed E-state index contributed by atoms with van der Waals surface area (Å²) in [5.74, 6) is -0.609. The van der Waals surface area contributed by atoms with E-state index in [9.17, 15) is 14.9 Å². The average Bonchev–Trinajstić information content (AvgIpc) is 2.61. The number of hydrogen-bond donors (Lipinski definition) is 0. The van der Waals surface area contributed by atoms with E-state index in [0.717, 1.165) is 17.2 Å². The summed E-state index contributed by atoms with van der Waals surface area (Å²) in [5, 5.41) is 11.9.